The highest BCUT2D eigenvalue weighted by molar-refractivity contribution is 5.77. The summed E-state index contributed by atoms with van der Waals surface area (Å²) in [5, 5.41) is 0. The molecule has 1 spiro atoms. The van der Waals surface area contributed by atoms with E-state index in [4.69, 9.17) is 0 Å². The van der Waals surface area contributed by atoms with Gasteiger partial charge in [-0.1, -0.05) is 13.3 Å². The minimum absolute atomic E-state index is 0.309. The van der Waals surface area contributed by atoms with Crippen LogP contribution in [0, 0.1) is 5.41 Å². The number of aromatic nitrogens is 2. The molecule has 2 aliphatic rings. The Hall–Kier alpha value is -1.36. The summed E-state index contributed by atoms with van der Waals surface area (Å²) >= 11 is 0. The molecule has 5 nitrogen and oxygen atoms in total. The van der Waals surface area contributed by atoms with Crippen LogP contribution >= 0.6 is 0 Å². The summed E-state index contributed by atoms with van der Waals surface area (Å²) in [6.07, 6.45) is 10.6. The predicted molar refractivity (Wildman–Crippen MR) is 95.6 cm³/mol. The Morgan fingerprint density at radius 1 is 1.25 bits per heavy atom. The molecule has 1 unspecified atom stereocenters. The number of unbranched alkanes of at least 4 members (excludes halogenated alkanes) is 1. The molecule has 0 aliphatic carbocycles. The number of hydrogen-bond donors (Lipinski definition) is 0. The van der Waals surface area contributed by atoms with E-state index < -0.39 is 0 Å². The molecular formula is C19H32N4O. The molecule has 2 aliphatic heterocycles. The van der Waals surface area contributed by atoms with Gasteiger partial charge in [0.05, 0.1) is 6.54 Å². The third-order valence-electron chi connectivity index (χ3n) is 5.78. The molecule has 2 fully saturated rings. The summed E-state index contributed by atoms with van der Waals surface area (Å²) in [7, 11) is 0. The number of nitrogens with zero attached hydrogens (tertiary/aromatic N) is 4. The lowest BCUT2D eigenvalue weighted by molar-refractivity contribution is -0.139. The van der Waals surface area contributed by atoms with Crippen molar-refractivity contribution in [2.24, 2.45) is 5.41 Å². The molecule has 3 rings (SSSR count). The number of aryl methyl sites for hydroxylation is 1. The van der Waals surface area contributed by atoms with Crippen molar-refractivity contribution in [3.8, 4) is 0 Å². The maximum Gasteiger partial charge on any atom is 0.222 e. The summed E-state index contributed by atoms with van der Waals surface area (Å²) in [5.41, 5.74) is 0.309. The van der Waals surface area contributed by atoms with Crippen molar-refractivity contribution >= 4 is 5.91 Å². The maximum atomic E-state index is 12.2. The Labute approximate surface area is 146 Å². The molecule has 0 aromatic carbocycles. The van der Waals surface area contributed by atoms with Crippen LogP contribution in [0.2, 0.25) is 0 Å². The van der Waals surface area contributed by atoms with Gasteiger partial charge in [0.15, 0.2) is 0 Å². The minimum Gasteiger partial charge on any atom is -0.342 e. The minimum atomic E-state index is 0.309. The molecule has 0 saturated carbocycles. The predicted octanol–water partition coefficient (Wildman–Crippen LogP) is 2.91. The van der Waals surface area contributed by atoms with Crippen molar-refractivity contribution in [1.82, 2.24) is 19.4 Å². The van der Waals surface area contributed by atoms with E-state index in [9.17, 15) is 4.79 Å². The van der Waals surface area contributed by atoms with Gasteiger partial charge in [-0.2, -0.15) is 0 Å². The number of likely N-dealkylation sites (tertiary alicyclic amines) is 2. The lowest BCUT2D eigenvalue weighted by Crippen LogP contribution is -2.54. The smallest absolute Gasteiger partial charge is 0.222 e. The van der Waals surface area contributed by atoms with Crippen LogP contribution in [0.25, 0.3) is 0 Å². The zero-order valence-electron chi connectivity index (χ0n) is 15.3. The maximum absolute atomic E-state index is 12.2. The van der Waals surface area contributed by atoms with Gasteiger partial charge in [0, 0.05) is 50.4 Å². The van der Waals surface area contributed by atoms with Crippen molar-refractivity contribution < 1.29 is 4.79 Å². The van der Waals surface area contributed by atoms with Crippen molar-refractivity contribution in [2.75, 3.05) is 26.2 Å². The molecule has 1 amide bonds. The number of carbonyl (C=O) groups excluding carboxylic acids is 1. The van der Waals surface area contributed by atoms with Gasteiger partial charge in [-0.3, -0.25) is 9.69 Å². The number of amides is 1. The zero-order chi connectivity index (χ0) is 17.0. The fourth-order valence-corrected chi connectivity index (χ4v) is 4.41. The third kappa shape index (κ3) is 3.82. The average molecular weight is 332 g/mol. The van der Waals surface area contributed by atoms with Crippen LogP contribution in [0.1, 0.15) is 58.2 Å². The standard InChI is InChI=1S/C19H32N4O/c1-3-5-12-23-16-19(9-7-18(23)24)8-6-11-21(15-19)14-17-20-10-13-22(17)4-2/h10,13H,3-9,11-12,14-16H2,1-2H3. The molecule has 134 valence electrons. The zero-order valence-corrected chi connectivity index (χ0v) is 15.3. The second-order valence-corrected chi connectivity index (χ2v) is 7.61. The van der Waals surface area contributed by atoms with Gasteiger partial charge in [-0.25, -0.2) is 4.98 Å². The lowest BCUT2D eigenvalue weighted by atomic mass is 9.73. The Morgan fingerprint density at radius 3 is 2.92 bits per heavy atom. The van der Waals surface area contributed by atoms with E-state index in [1.165, 1.54) is 18.7 Å². The van der Waals surface area contributed by atoms with Gasteiger partial charge in [-0.15, -0.1) is 0 Å². The topological polar surface area (TPSA) is 41.4 Å². The highest BCUT2D eigenvalue weighted by Gasteiger charge is 2.41. The van der Waals surface area contributed by atoms with Crippen LogP contribution in [0.3, 0.4) is 0 Å². The van der Waals surface area contributed by atoms with Crippen molar-refractivity contribution in [3.63, 3.8) is 0 Å². The first kappa shape index (κ1) is 17.5. The van der Waals surface area contributed by atoms with E-state index in [0.717, 1.165) is 65.0 Å². The van der Waals surface area contributed by atoms with Gasteiger partial charge in [0.1, 0.15) is 5.82 Å². The number of piperidine rings is 2. The molecular weight excluding hydrogens is 300 g/mol. The van der Waals surface area contributed by atoms with Crippen molar-refractivity contribution in [2.45, 2.75) is 65.5 Å². The Kier molecular flexibility index (Phi) is 5.59. The van der Waals surface area contributed by atoms with Crippen molar-refractivity contribution in [1.29, 1.82) is 0 Å². The normalized spacial score (nSPS) is 25.6. The van der Waals surface area contributed by atoms with E-state index in [-0.39, 0.29) is 0 Å². The van der Waals surface area contributed by atoms with E-state index in [1.807, 2.05) is 6.20 Å². The van der Waals surface area contributed by atoms with Gasteiger partial charge in [-0.05, 0) is 39.2 Å². The Balaban J connectivity index is 1.64. The van der Waals surface area contributed by atoms with E-state index >= 15 is 0 Å². The van der Waals surface area contributed by atoms with E-state index in [0.29, 0.717) is 11.3 Å². The van der Waals surface area contributed by atoms with Crippen LogP contribution < -0.4 is 0 Å². The molecule has 5 heteroatoms. The summed E-state index contributed by atoms with van der Waals surface area (Å²) < 4.78 is 2.24. The first-order chi connectivity index (χ1) is 11.7. The van der Waals surface area contributed by atoms with Crippen LogP contribution in [0.15, 0.2) is 12.4 Å². The van der Waals surface area contributed by atoms with Gasteiger partial charge < -0.3 is 9.47 Å². The summed E-state index contributed by atoms with van der Waals surface area (Å²) in [4.78, 5) is 21.5. The summed E-state index contributed by atoms with van der Waals surface area (Å²) in [5.74, 6) is 1.54. The molecule has 0 bridgehead atoms. The molecule has 2 saturated heterocycles. The number of hydrogen-bond acceptors (Lipinski definition) is 3. The highest BCUT2D eigenvalue weighted by Crippen LogP contribution is 2.39. The molecule has 24 heavy (non-hydrogen) atoms. The van der Waals surface area contributed by atoms with Crippen LogP contribution in [0.5, 0.6) is 0 Å². The fourth-order valence-electron chi connectivity index (χ4n) is 4.41. The average Bonchev–Trinajstić information content (AvgIpc) is 3.03. The van der Waals surface area contributed by atoms with Gasteiger partial charge in [0.2, 0.25) is 5.91 Å². The van der Waals surface area contributed by atoms with Crippen LogP contribution in [-0.4, -0.2) is 51.4 Å². The number of imidazole rings is 1. The fraction of sp³-hybridized carbons (Fsp3) is 0.789. The largest absolute Gasteiger partial charge is 0.342 e. The Bertz CT molecular complexity index is 555. The van der Waals surface area contributed by atoms with Gasteiger partial charge in [0.25, 0.3) is 0 Å². The summed E-state index contributed by atoms with van der Waals surface area (Å²) in [6, 6.07) is 0. The quantitative estimate of drug-likeness (QED) is 0.804. The van der Waals surface area contributed by atoms with Crippen molar-refractivity contribution in [3.05, 3.63) is 18.2 Å². The number of carbonyl (C=O) groups is 1. The molecule has 0 radical (unpaired) electrons. The SMILES string of the molecule is CCCCN1CC2(CCCN(Cc3nccn3CC)C2)CCC1=O. The second-order valence-electron chi connectivity index (χ2n) is 7.61. The van der Waals surface area contributed by atoms with Gasteiger partial charge >= 0.3 is 0 Å². The second kappa shape index (κ2) is 7.68. The molecule has 1 atom stereocenters. The monoisotopic (exact) mass is 332 g/mol. The lowest BCUT2D eigenvalue weighted by Gasteiger charge is -2.48. The molecule has 3 heterocycles. The van der Waals surface area contributed by atoms with Crippen LogP contribution in [0.4, 0.5) is 0 Å². The van der Waals surface area contributed by atoms with E-state index in [2.05, 4.69) is 39.4 Å². The van der Waals surface area contributed by atoms with Crippen LogP contribution in [-0.2, 0) is 17.9 Å². The summed E-state index contributed by atoms with van der Waals surface area (Å²) in [6.45, 7) is 10.4. The third-order valence-corrected chi connectivity index (χ3v) is 5.78. The van der Waals surface area contributed by atoms with E-state index in [1.54, 1.807) is 0 Å². The molecule has 0 N–H and O–H groups in total. The number of rotatable bonds is 6. The highest BCUT2D eigenvalue weighted by atomic mass is 16.2. The molecule has 1 aromatic heterocycles. The molecule has 1 aromatic rings. The first-order valence-corrected chi connectivity index (χ1v) is 9.66. The first-order valence-electron chi connectivity index (χ1n) is 9.66. The Morgan fingerprint density at radius 2 is 2.12 bits per heavy atom.